The first kappa shape index (κ1) is 14.3. The summed E-state index contributed by atoms with van der Waals surface area (Å²) in [6.07, 6.45) is 1.16. The molecule has 96 valence electrons. The molecule has 0 heteroatoms. The van der Waals surface area contributed by atoms with Crippen LogP contribution in [0.25, 0.3) is 0 Å². The SMILES string of the molecule is CC(C)c1cc(CC(C)(C)C)cc(C(C)C)c1. The van der Waals surface area contributed by atoms with Crippen molar-refractivity contribution < 1.29 is 0 Å². The van der Waals surface area contributed by atoms with Gasteiger partial charge in [0.25, 0.3) is 0 Å². The highest BCUT2D eigenvalue weighted by atomic mass is 14.2. The van der Waals surface area contributed by atoms with E-state index in [0.717, 1.165) is 6.42 Å². The van der Waals surface area contributed by atoms with Crippen LogP contribution in [0, 0.1) is 5.41 Å². The lowest BCUT2D eigenvalue weighted by Crippen LogP contribution is -2.10. The van der Waals surface area contributed by atoms with Crippen molar-refractivity contribution in [2.75, 3.05) is 0 Å². The minimum Gasteiger partial charge on any atom is -0.0599 e. The predicted octanol–water partition coefficient (Wildman–Crippen LogP) is 5.52. The molecule has 1 aromatic rings. The van der Waals surface area contributed by atoms with Gasteiger partial charge in [-0.25, -0.2) is 0 Å². The molecule has 0 aliphatic heterocycles. The van der Waals surface area contributed by atoms with Gasteiger partial charge in [0.1, 0.15) is 0 Å². The molecule has 17 heavy (non-hydrogen) atoms. The van der Waals surface area contributed by atoms with Crippen LogP contribution < -0.4 is 0 Å². The van der Waals surface area contributed by atoms with Crippen LogP contribution in [0.2, 0.25) is 0 Å². The van der Waals surface area contributed by atoms with E-state index in [1.54, 1.807) is 0 Å². The Labute approximate surface area is 107 Å². The molecule has 0 radical (unpaired) electrons. The highest BCUT2D eigenvalue weighted by Crippen LogP contribution is 2.27. The lowest BCUT2D eigenvalue weighted by molar-refractivity contribution is 0.411. The first-order valence-corrected chi connectivity index (χ1v) is 6.83. The van der Waals surface area contributed by atoms with Crippen LogP contribution in [-0.4, -0.2) is 0 Å². The summed E-state index contributed by atoms with van der Waals surface area (Å²) in [4.78, 5) is 0. The van der Waals surface area contributed by atoms with E-state index in [0.29, 0.717) is 17.3 Å². The standard InChI is InChI=1S/C17H28/c1-12(2)15-8-14(11-17(5,6)7)9-16(10-15)13(3)4/h8-10,12-13H,11H2,1-7H3. The minimum atomic E-state index is 0.365. The molecule has 0 aliphatic carbocycles. The number of rotatable bonds is 3. The van der Waals surface area contributed by atoms with Crippen molar-refractivity contribution in [2.24, 2.45) is 5.41 Å². The van der Waals surface area contributed by atoms with Gasteiger partial charge in [0.2, 0.25) is 0 Å². The second kappa shape index (κ2) is 5.25. The molecular formula is C17H28. The maximum Gasteiger partial charge on any atom is -0.0219 e. The zero-order valence-corrected chi connectivity index (χ0v) is 12.6. The molecule has 0 nitrogen and oxygen atoms in total. The zero-order chi connectivity index (χ0) is 13.2. The summed E-state index contributed by atoms with van der Waals surface area (Å²) < 4.78 is 0. The Morgan fingerprint density at radius 3 is 1.53 bits per heavy atom. The predicted molar refractivity (Wildman–Crippen MR) is 77.8 cm³/mol. The van der Waals surface area contributed by atoms with Crippen LogP contribution in [0.4, 0.5) is 0 Å². The van der Waals surface area contributed by atoms with Crippen LogP contribution >= 0.6 is 0 Å². The van der Waals surface area contributed by atoms with Gasteiger partial charge >= 0.3 is 0 Å². The van der Waals surface area contributed by atoms with Gasteiger partial charge in [0.05, 0.1) is 0 Å². The van der Waals surface area contributed by atoms with Crippen LogP contribution in [0.1, 0.15) is 77.0 Å². The third kappa shape index (κ3) is 4.53. The molecule has 0 spiro atoms. The lowest BCUT2D eigenvalue weighted by Gasteiger charge is -2.21. The van der Waals surface area contributed by atoms with Crippen LogP contribution in [0.5, 0.6) is 0 Å². The van der Waals surface area contributed by atoms with Gasteiger partial charge in [-0.3, -0.25) is 0 Å². The molecule has 0 unspecified atom stereocenters. The molecule has 0 saturated carbocycles. The van der Waals surface area contributed by atoms with Crippen molar-refractivity contribution in [1.29, 1.82) is 0 Å². The van der Waals surface area contributed by atoms with Gasteiger partial charge in [0, 0.05) is 0 Å². The number of benzene rings is 1. The quantitative estimate of drug-likeness (QED) is 0.643. The Hall–Kier alpha value is -0.780. The Morgan fingerprint density at radius 1 is 0.824 bits per heavy atom. The molecule has 0 bridgehead atoms. The van der Waals surface area contributed by atoms with E-state index in [-0.39, 0.29) is 0 Å². The topological polar surface area (TPSA) is 0 Å². The molecule has 0 N–H and O–H groups in total. The first-order valence-electron chi connectivity index (χ1n) is 6.83. The highest BCUT2D eigenvalue weighted by Gasteiger charge is 2.14. The minimum absolute atomic E-state index is 0.365. The molecule has 0 saturated heterocycles. The molecule has 0 fully saturated rings. The van der Waals surface area contributed by atoms with Crippen LogP contribution in [-0.2, 0) is 6.42 Å². The van der Waals surface area contributed by atoms with E-state index >= 15 is 0 Å². The molecule has 0 aliphatic rings. The zero-order valence-electron chi connectivity index (χ0n) is 12.6. The molecule has 0 atom stereocenters. The second-order valence-electron chi connectivity index (χ2n) is 7.05. The van der Waals surface area contributed by atoms with Gasteiger partial charge < -0.3 is 0 Å². The van der Waals surface area contributed by atoms with Gasteiger partial charge in [-0.05, 0) is 40.4 Å². The Balaban J connectivity index is 3.13. The van der Waals surface area contributed by atoms with Gasteiger partial charge in [0.15, 0.2) is 0 Å². The molecule has 0 heterocycles. The summed E-state index contributed by atoms with van der Waals surface area (Å²) in [6.45, 7) is 16.0. The van der Waals surface area contributed by atoms with Crippen molar-refractivity contribution >= 4 is 0 Å². The monoisotopic (exact) mass is 232 g/mol. The fourth-order valence-electron chi connectivity index (χ4n) is 2.13. The summed E-state index contributed by atoms with van der Waals surface area (Å²) in [6, 6.07) is 7.16. The first-order chi connectivity index (χ1) is 7.69. The summed E-state index contributed by atoms with van der Waals surface area (Å²) in [5, 5.41) is 0. The lowest BCUT2D eigenvalue weighted by atomic mass is 9.85. The Morgan fingerprint density at radius 2 is 1.24 bits per heavy atom. The largest absolute Gasteiger partial charge is 0.0599 e. The summed E-state index contributed by atoms with van der Waals surface area (Å²) in [5.74, 6) is 1.24. The summed E-state index contributed by atoms with van der Waals surface area (Å²) in [5.41, 5.74) is 4.82. The van der Waals surface area contributed by atoms with Gasteiger partial charge in [-0.1, -0.05) is 66.7 Å². The third-order valence-corrected chi connectivity index (χ3v) is 3.11. The van der Waals surface area contributed by atoms with E-state index in [9.17, 15) is 0 Å². The fourth-order valence-corrected chi connectivity index (χ4v) is 2.13. The normalized spacial score (nSPS) is 12.5. The van der Waals surface area contributed by atoms with Crippen molar-refractivity contribution in [3.63, 3.8) is 0 Å². The molecular weight excluding hydrogens is 204 g/mol. The average molecular weight is 232 g/mol. The van der Waals surface area contributed by atoms with E-state index < -0.39 is 0 Å². The molecule has 1 rings (SSSR count). The summed E-state index contributed by atoms with van der Waals surface area (Å²) >= 11 is 0. The Kier molecular flexibility index (Phi) is 4.41. The second-order valence-corrected chi connectivity index (χ2v) is 7.05. The van der Waals surface area contributed by atoms with Crippen LogP contribution in [0.15, 0.2) is 18.2 Å². The Bertz CT molecular complexity index is 338. The smallest absolute Gasteiger partial charge is 0.0219 e. The van der Waals surface area contributed by atoms with Crippen molar-refractivity contribution in [2.45, 2.75) is 66.7 Å². The maximum atomic E-state index is 2.39. The van der Waals surface area contributed by atoms with E-state index in [1.165, 1.54) is 16.7 Å². The maximum absolute atomic E-state index is 2.39. The average Bonchev–Trinajstić information content (AvgIpc) is 2.14. The molecule has 0 amide bonds. The van der Waals surface area contributed by atoms with Crippen molar-refractivity contribution in [3.05, 3.63) is 34.9 Å². The van der Waals surface area contributed by atoms with Crippen LogP contribution in [0.3, 0.4) is 0 Å². The van der Waals surface area contributed by atoms with Crippen molar-refractivity contribution in [3.8, 4) is 0 Å². The number of hydrogen-bond acceptors (Lipinski definition) is 0. The van der Waals surface area contributed by atoms with Crippen molar-refractivity contribution in [1.82, 2.24) is 0 Å². The van der Waals surface area contributed by atoms with E-state index in [4.69, 9.17) is 0 Å². The highest BCUT2D eigenvalue weighted by molar-refractivity contribution is 5.34. The van der Waals surface area contributed by atoms with E-state index in [2.05, 4.69) is 66.7 Å². The summed E-state index contributed by atoms with van der Waals surface area (Å²) in [7, 11) is 0. The fraction of sp³-hybridized carbons (Fsp3) is 0.647. The number of hydrogen-bond donors (Lipinski definition) is 0. The third-order valence-electron chi connectivity index (χ3n) is 3.11. The molecule has 0 aromatic heterocycles. The van der Waals surface area contributed by atoms with Gasteiger partial charge in [-0.2, -0.15) is 0 Å². The molecule has 1 aromatic carbocycles. The van der Waals surface area contributed by atoms with Gasteiger partial charge in [-0.15, -0.1) is 0 Å². The van der Waals surface area contributed by atoms with E-state index in [1.807, 2.05) is 0 Å².